The molecule has 0 aliphatic rings. The Morgan fingerprint density at radius 1 is 1.00 bits per heavy atom. The SMILES string of the molecule is Br.C=C[CH2][Pd][PH](C(C)C)(C(C)C)C(C)C. The zero-order valence-electron chi connectivity index (χ0n) is 10.9. The Bertz CT molecular complexity index is 157. The average Bonchev–Trinajstić information content (AvgIpc) is 2.03. The number of rotatable bonds is 6. The standard InChI is InChI=1S/C9H21P.C3H5.BrH.Pd/c1-7(2)10(8(3)4)9(5)6;1-3-2;;/h7-9H,1-6H3;3H,1-2H2;1H;/q;;;-1/p+1. The third-order valence-electron chi connectivity index (χ3n) is 2.90. The molecule has 0 aromatic rings. The zero-order chi connectivity index (χ0) is 11.4. The fourth-order valence-electron chi connectivity index (χ4n) is 2.54. The van der Waals surface area contributed by atoms with Gasteiger partial charge in [-0.1, -0.05) is 0 Å². The van der Waals surface area contributed by atoms with E-state index in [2.05, 4.69) is 54.2 Å². The molecule has 0 aliphatic heterocycles. The van der Waals surface area contributed by atoms with Crippen molar-refractivity contribution in [3.8, 4) is 0 Å². The van der Waals surface area contributed by atoms with E-state index in [-0.39, 0.29) is 17.0 Å². The predicted molar refractivity (Wildman–Crippen MR) is 79.0 cm³/mol. The fourth-order valence-corrected chi connectivity index (χ4v) is 15.7. The quantitative estimate of drug-likeness (QED) is 0.335. The van der Waals surface area contributed by atoms with Crippen LogP contribution in [0.4, 0.5) is 0 Å². The van der Waals surface area contributed by atoms with E-state index in [0.29, 0.717) is 0 Å². The van der Waals surface area contributed by atoms with Crippen molar-refractivity contribution >= 4 is 22.4 Å². The van der Waals surface area contributed by atoms with Gasteiger partial charge in [0.15, 0.2) is 0 Å². The third-order valence-corrected chi connectivity index (χ3v) is 20.8. The molecule has 0 saturated heterocycles. The molecule has 0 aromatic carbocycles. The van der Waals surface area contributed by atoms with Gasteiger partial charge in [0.25, 0.3) is 0 Å². The maximum absolute atomic E-state index is 3.88. The second-order valence-corrected chi connectivity index (χ2v) is 16.3. The summed E-state index contributed by atoms with van der Waals surface area (Å²) in [5.74, 6) is 0. The first-order valence-electron chi connectivity index (χ1n) is 5.53. The van der Waals surface area contributed by atoms with Crippen LogP contribution in [0.1, 0.15) is 41.5 Å². The van der Waals surface area contributed by atoms with E-state index in [4.69, 9.17) is 0 Å². The third kappa shape index (κ3) is 4.59. The van der Waals surface area contributed by atoms with Gasteiger partial charge in [-0.2, -0.15) is 0 Å². The molecule has 0 fully saturated rings. The summed E-state index contributed by atoms with van der Waals surface area (Å²) in [6, 6.07) is 0. The van der Waals surface area contributed by atoms with Gasteiger partial charge < -0.3 is 0 Å². The van der Waals surface area contributed by atoms with Crippen LogP contribution in [0.2, 0.25) is 4.89 Å². The van der Waals surface area contributed by atoms with Gasteiger partial charge in [0.05, 0.1) is 0 Å². The average molecular weight is 390 g/mol. The molecule has 0 N–H and O–H groups in total. The van der Waals surface area contributed by atoms with E-state index < -0.39 is 5.45 Å². The Kier molecular flexibility index (Phi) is 10.5. The van der Waals surface area contributed by atoms with Gasteiger partial charge in [-0.3, -0.25) is 0 Å². The molecule has 0 atom stereocenters. The molecule has 0 heterocycles. The van der Waals surface area contributed by atoms with E-state index in [9.17, 15) is 0 Å². The predicted octanol–water partition coefficient (Wildman–Crippen LogP) is 5.14. The molecule has 3 heteroatoms. The summed E-state index contributed by atoms with van der Waals surface area (Å²) in [5.41, 5.74) is 1.67. The van der Waals surface area contributed by atoms with Gasteiger partial charge in [-0.25, -0.2) is 0 Å². The molecular weight excluding hydrogens is 361 g/mol. The van der Waals surface area contributed by atoms with Crippen LogP contribution >= 0.6 is 22.4 Å². The minimum absolute atomic E-state index is 0. The summed E-state index contributed by atoms with van der Waals surface area (Å²) >= 11 is 0.944. The molecule has 0 nitrogen and oxygen atoms in total. The first-order valence-corrected chi connectivity index (χ1v) is 11.0. The summed E-state index contributed by atoms with van der Waals surface area (Å²) in [6.45, 7) is 18.5. The first kappa shape index (κ1) is 18.7. The van der Waals surface area contributed by atoms with Crippen molar-refractivity contribution in [3.05, 3.63) is 12.7 Å². The van der Waals surface area contributed by atoms with Crippen LogP contribution < -0.4 is 0 Å². The van der Waals surface area contributed by atoms with E-state index in [0.717, 1.165) is 34.5 Å². The van der Waals surface area contributed by atoms with Crippen LogP contribution in [0.15, 0.2) is 12.7 Å². The van der Waals surface area contributed by atoms with E-state index in [1.54, 1.807) is 0 Å². The molecule has 98 valence electrons. The maximum atomic E-state index is 3.88. The van der Waals surface area contributed by atoms with Crippen LogP contribution in [-0.4, -0.2) is 17.0 Å². The molecule has 15 heavy (non-hydrogen) atoms. The van der Waals surface area contributed by atoms with Crippen molar-refractivity contribution in [2.75, 3.05) is 0 Å². The second-order valence-electron chi connectivity index (χ2n) is 4.77. The normalized spacial score (nSPS) is 13.4. The molecular formula is C12H28BrPPd. The zero-order valence-corrected chi connectivity index (χ0v) is 15.2. The van der Waals surface area contributed by atoms with Crippen molar-refractivity contribution < 1.29 is 17.5 Å². The Hall–Kier alpha value is 1.31. The van der Waals surface area contributed by atoms with Gasteiger partial charge in [0.1, 0.15) is 0 Å². The fraction of sp³-hybridized carbons (Fsp3) is 0.833. The van der Waals surface area contributed by atoms with Gasteiger partial charge in [0.2, 0.25) is 0 Å². The summed E-state index contributed by atoms with van der Waals surface area (Å²) in [5, 5.41) is 0. The summed E-state index contributed by atoms with van der Waals surface area (Å²) < 4.78 is 0. The van der Waals surface area contributed by atoms with Crippen molar-refractivity contribution in [2.24, 2.45) is 0 Å². The van der Waals surface area contributed by atoms with Crippen molar-refractivity contribution in [1.29, 1.82) is 0 Å². The van der Waals surface area contributed by atoms with Crippen LogP contribution in [0.25, 0.3) is 0 Å². The molecule has 0 saturated carbocycles. The van der Waals surface area contributed by atoms with E-state index in [1.807, 2.05) is 0 Å². The molecule has 0 rings (SSSR count). The van der Waals surface area contributed by atoms with Gasteiger partial charge in [-0.05, 0) is 0 Å². The summed E-state index contributed by atoms with van der Waals surface area (Å²) in [4.78, 5) is 1.26. The number of hydrogen-bond donors (Lipinski definition) is 0. The van der Waals surface area contributed by atoms with E-state index in [1.165, 1.54) is 4.89 Å². The molecule has 0 amide bonds. The second kappa shape index (κ2) is 8.41. The van der Waals surface area contributed by atoms with Crippen LogP contribution in [0.5, 0.6) is 0 Å². The minimum atomic E-state index is -1.07. The van der Waals surface area contributed by atoms with Crippen molar-refractivity contribution in [1.82, 2.24) is 0 Å². The number of allylic oxidation sites excluding steroid dienone is 1. The molecule has 0 aromatic heterocycles. The molecule has 0 aliphatic carbocycles. The Balaban J connectivity index is 0. The molecule has 0 spiro atoms. The topological polar surface area (TPSA) is 0 Å². The monoisotopic (exact) mass is 388 g/mol. The van der Waals surface area contributed by atoms with E-state index >= 15 is 0 Å². The van der Waals surface area contributed by atoms with Crippen molar-refractivity contribution in [2.45, 2.75) is 63.4 Å². The molecule has 0 unspecified atom stereocenters. The van der Waals surface area contributed by atoms with Crippen LogP contribution in [-0.2, 0) is 17.5 Å². The van der Waals surface area contributed by atoms with Crippen LogP contribution in [0.3, 0.4) is 0 Å². The Labute approximate surface area is 115 Å². The van der Waals surface area contributed by atoms with Crippen LogP contribution in [0, 0.1) is 0 Å². The number of halogens is 1. The van der Waals surface area contributed by atoms with Gasteiger partial charge in [0, 0.05) is 0 Å². The Morgan fingerprint density at radius 3 is 1.53 bits per heavy atom. The van der Waals surface area contributed by atoms with Crippen molar-refractivity contribution in [3.63, 3.8) is 0 Å². The summed E-state index contributed by atoms with van der Waals surface area (Å²) in [6.07, 6.45) is 2.11. The summed E-state index contributed by atoms with van der Waals surface area (Å²) in [7, 11) is 0. The first-order chi connectivity index (χ1) is 6.39. The number of hydrogen-bond acceptors (Lipinski definition) is 0. The molecule has 0 bridgehead atoms. The Morgan fingerprint density at radius 2 is 1.33 bits per heavy atom. The van der Waals surface area contributed by atoms with Gasteiger partial charge in [-0.15, -0.1) is 17.0 Å². The van der Waals surface area contributed by atoms with Gasteiger partial charge >= 0.3 is 99.0 Å². The molecule has 0 radical (unpaired) electrons.